The van der Waals surface area contributed by atoms with Crippen molar-refractivity contribution in [2.75, 3.05) is 0 Å². The predicted molar refractivity (Wildman–Crippen MR) is 123 cm³/mol. The highest BCUT2D eigenvalue weighted by atomic mass is 19.1. The van der Waals surface area contributed by atoms with Crippen LogP contribution in [0.25, 0.3) is 28.0 Å². The molecule has 0 bridgehead atoms. The Bertz CT molecular complexity index is 1280. The lowest BCUT2D eigenvalue weighted by molar-refractivity contribution is 0.0923. The van der Waals surface area contributed by atoms with E-state index in [0.717, 1.165) is 47.9 Å². The Balaban J connectivity index is 1.65. The van der Waals surface area contributed by atoms with Crippen molar-refractivity contribution < 1.29 is 9.18 Å². The molecule has 1 aliphatic carbocycles. The molecule has 5 nitrogen and oxygen atoms in total. The van der Waals surface area contributed by atoms with Crippen molar-refractivity contribution in [1.82, 2.24) is 20.1 Å². The number of rotatable bonds is 4. The van der Waals surface area contributed by atoms with Crippen molar-refractivity contribution in [2.24, 2.45) is 0 Å². The highest BCUT2D eigenvalue weighted by Crippen LogP contribution is 2.32. The molecule has 1 aliphatic rings. The summed E-state index contributed by atoms with van der Waals surface area (Å²) in [6, 6.07) is 18.1. The third-order valence-electron chi connectivity index (χ3n) is 6.11. The molecule has 0 saturated heterocycles. The summed E-state index contributed by atoms with van der Waals surface area (Å²) in [5, 5.41) is 8.80. The van der Waals surface area contributed by atoms with Gasteiger partial charge in [-0.1, -0.05) is 55.7 Å². The van der Waals surface area contributed by atoms with Crippen LogP contribution in [-0.2, 0) is 0 Å². The third-order valence-corrected chi connectivity index (χ3v) is 6.11. The number of benzene rings is 2. The van der Waals surface area contributed by atoms with Crippen LogP contribution in [-0.4, -0.2) is 26.7 Å². The van der Waals surface area contributed by atoms with Gasteiger partial charge < -0.3 is 5.32 Å². The van der Waals surface area contributed by atoms with Gasteiger partial charge in [-0.05, 0) is 49.6 Å². The molecule has 1 saturated carbocycles. The number of nitrogens with one attached hydrogen (secondary N) is 1. The number of halogens is 1. The lowest BCUT2D eigenvalue weighted by Gasteiger charge is -2.22. The number of hydrogen-bond acceptors (Lipinski definition) is 3. The number of carbonyl (C=O) groups is 1. The van der Waals surface area contributed by atoms with Gasteiger partial charge in [0.2, 0.25) is 0 Å². The summed E-state index contributed by atoms with van der Waals surface area (Å²) < 4.78 is 15.6. The molecule has 0 spiro atoms. The summed E-state index contributed by atoms with van der Waals surface area (Å²) in [5.41, 5.74) is 4.08. The maximum Gasteiger partial charge on any atom is 0.270 e. The molecule has 0 aliphatic heterocycles. The number of amides is 1. The summed E-state index contributed by atoms with van der Waals surface area (Å²) in [6.07, 6.45) is 5.52. The largest absolute Gasteiger partial charge is 0.348 e. The summed E-state index contributed by atoms with van der Waals surface area (Å²) in [5.74, 6) is -0.523. The van der Waals surface area contributed by atoms with Gasteiger partial charge in [-0.3, -0.25) is 4.79 Å². The molecule has 2 aromatic carbocycles. The number of aromatic nitrogens is 3. The fourth-order valence-electron chi connectivity index (χ4n) is 4.51. The van der Waals surface area contributed by atoms with Crippen LogP contribution >= 0.6 is 0 Å². The molecule has 2 aromatic heterocycles. The Kier molecular flexibility index (Phi) is 5.43. The minimum absolute atomic E-state index is 0.171. The van der Waals surface area contributed by atoms with E-state index in [4.69, 9.17) is 10.1 Å². The first-order valence-corrected chi connectivity index (χ1v) is 11.1. The minimum Gasteiger partial charge on any atom is -0.348 e. The number of fused-ring (bicyclic) bond motifs is 1. The van der Waals surface area contributed by atoms with Crippen LogP contribution in [0.3, 0.4) is 0 Å². The molecule has 0 unspecified atom stereocenters. The van der Waals surface area contributed by atoms with E-state index in [0.29, 0.717) is 17.0 Å². The molecule has 162 valence electrons. The topological polar surface area (TPSA) is 59.8 Å². The maximum absolute atomic E-state index is 14.0. The zero-order valence-corrected chi connectivity index (χ0v) is 18.0. The van der Waals surface area contributed by atoms with Crippen molar-refractivity contribution in [3.05, 3.63) is 77.7 Å². The standard InChI is InChI=1S/C26H25FN4O/c1-17-15-22(26(32)28-20-12-6-3-7-13-20)29-25-23(17)24(18-9-4-2-5-10-18)30-31(25)21-14-8-11-19(27)16-21/h2,4-5,8-11,14-16,20H,3,6-7,12-13H2,1H3,(H,28,32). The van der Waals surface area contributed by atoms with E-state index in [2.05, 4.69) is 5.32 Å². The van der Waals surface area contributed by atoms with Gasteiger partial charge in [0.1, 0.15) is 17.2 Å². The van der Waals surface area contributed by atoms with E-state index in [1.54, 1.807) is 16.8 Å². The second-order valence-electron chi connectivity index (χ2n) is 8.44. The average molecular weight is 429 g/mol. The second-order valence-corrected chi connectivity index (χ2v) is 8.44. The summed E-state index contributed by atoms with van der Waals surface area (Å²) >= 11 is 0. The first-order valence-electron chi connectivity index (χ1n) is 11.1. The van der Waals surface area contributed by atoms with Gasteiger partial charge >= 0.3 is 0 Å². The van der Waals surface area contributed by atoms with Crippen LogP contribution in [0, 0.1) is 12.7 Å². The number of aryl methyl sites for hydroxylation is 1. The van der Waals surface area contributed by atoms with E-state index in [1.807, 2.05) is 43.3 Å². The van der Waals surface area contributed by atoms with Crippen LogP contribution in [0.4, 0.5) is 4.39 Å². The maximum atomic E-state index is 14.0. The molecule has 0 radical (unpaired) electrons. The zero-order valence-electron chi connectivity index (χ0n) is 18.0. The minimum atomic E-state index is -0.352. The number of hydrogen-bond donors (Lipinski definition) is 1. The fraction of sp³-hybridized carbons (Fsp3) is 0.269. The van der Waals surface area contributed by atoms with E-state index >= 15 is 0 Å². The van der Waals surface area contributed by atoms with Gasteiger partial charge in [-0.25, -0.2) is 14.1 Å². The molecule has 1 amide bonds. The molecule has 4 aromatic rings. The van der Waals surface area contributed by atoms with Crippen LogP contribution in [0.5, 0.6) is 0 Å². The monoisotopic (exact) mass is 428 g/mol. The molecule has 6 heteroatoms. The van der Waals surface area contributed by atoms with Crippen LogP contribution in [0.2, 0.25) is 0 Å². The normalized spacial score (nSPS) is 14.6. The lowest BCUT2D eigenvalue weighted by Crippen LogP contribution is -2.36. The number of nitrogens with zero attached hydrogens (tertiary/aromatic N) is 3. The van der Waals surface area contributed by atoms with Crippen LogP contribution in [0.1, 0.15) is 48.2 Å². The highest BCUT2D eigenvalue weighted by Gasteiger charge is 2.22. The van der Waals surface area contributed by atoms with Crippen molar-refractivity contribution in [3.63, 3.8) is 0 Å². The predicted octanol–water partition coefficient (Wildman–Crippen LogP) is 5.60. The van der Waals surface area contributed by atoms with Crippen molar-refractivity contribution in [3.8, 4) is 16.9 Å². The van der Waals surface area contributed by atoms with Gasteiger partial charge in [-0.2, -0.15) is 5.10 Å². The van der Waals surface area contributed by atoms with E-state index in [9.17, 15) is 9.18 Å². The zero-order chi connectivity index (χ0) is 22.1. The van der Waals surface area contributed by atoms with E-state index < -0.39 is 0 Å². The third kappa shape index (κ3) is 3.88. The van der Waals surface area contributed by atoms with Gasteiger partial charge in [0.15, 0.2) is 5.65 Å². The molecule has 1 N–H and O–H groups in total. The van der Waals surface area contributed by atoms with Gasteiger partial charge in [0.05, 0.1) is 11.1 Å². The number of pyridine rings is 1. The average Bonchev–Trinajstić information content (AvgIpc) is 3.21. The van der Waals surface area contributed by atoms with E-state index in [1.165, 1.54) is 18.6 Å². The van der Waals surface area contributed by atoms with Crippen molar-refractivity contribution >= 4 is 16.9 Å². The fourth-order valence-corrected chi connectivity index (χ4v) is 4.51. The SMILES string of the molecule is Cc1cc(C(=O)NC2CCCCC2)nc2c1c(-c1ccccc1)nn2-c1cccc(F)c1. The lowest BCUT2D eigenvalue weighted by atomic mass is 9.95. The summed E-state index contributed by atoms with van der Waals surface area (Å²) in [7, 11) is 0. The Labute approximate surface area is 186 Å². The first kappa shape index (κ1) is 20.4. The van der Waals surface area contributed by atoms with E-state index in [-0.39, 0.29) is 17.8 Å². The van der Waals surface area contributed by atoms with Gasteiger partial charge in [-0.15, -0.1) is 0 Å². The first-order chi connectivity index (χ1) is 15.6. The quantitative estimate of drug-likeness (QED) is 0.460. The Hall–Kier alpha value is -3.54. The molecule has 1 fully saturated rings. The van der Waals surface area contributed by atoms with Crippen LogP contribution in [0.15, 0.2) is 60.7 Å². The highest BCUT2D eigenvalue weighted by molar-refractivity contribution is 5.99. The second kappa shape index (κ2) is 8.54. The van der Waals surface area contributed by atoms with Crippen molar-refractivity contribution in [2.45, 2.75) is 45.1 Å². The molecule has 2 heterocycles. The Morgan fingerprint density at radius 1 is 1.03 bits per heavy atom. The van der Waals surface area contributed by atoms with Crippen molar-refractivity contribution in [1.29, 1.82) is 0 Å². The number of carbonyl (C=O) groups excluding carboxylic acids is 1. The van der Waals surface area contributed by atoms with Gasteiger partial charge in [0.25, 0.3) is 5.91 Å². The summed E-state index contributed by atoms with van der Waals surface area (Å²) in [6.45, 7) is 1.96. The van der Waals surface area contributed by atoms with Crippen LogP contribution < -0.4 is 5.32 Å². The molecular weight excluding hydrogens is 403 g/mol. The smallest absolute Gasteiger partial charge is 0.270 e. The summed E-state index contributed by atoms with van der Waals surface area (Å²) in [4.78, 5) is 17.7. The van der Waals surface area contributed by atoms with Gasteiger partial charge in [0, 0.05) is 11.6 Å². The molecular formula is C26H25FN4O. The Morgan fingerprint density at radius 2 is 1.81 bits per heavy atom. The molecule has 5 rings (SSSR count). The Morgan fingerprint density at radius 3 is 2.56 bits per heavy atom. The molecule has 32 heavy (non-hydrogen) atoms. The molecule has 0 atom stereocenters.